The summed E-state index contributed by atoms with van der Waals surface area (Å²) in [5.41, 5.74) is 0.289. The van der Waals surface area contributed by atoms with Gasteiger partial charge in [-0.2, -0.15) is 0 Å². The largest absolute Gasteiger partial charge is 0.454 e. The highest BCUT2D eigenvalue weighted by Crippen LogP contribution is 2.34. The van der Waals surface area contributed by atoms with E-state index >= 15 is 0 Å². The fourth-order valence-corrected chi connectivity index (χ4v) is 2.44. The number of nitro benzene ring substituents is 1. The van der Waals surface area contributed by atoms with E-state index in [9.17, 15) is 19.7 Å². The summed E-state index contributed by atoms with van der Waals surface area (Å²) in [6.07, 6.45) is 0. The van der Waals surface area contributed by atoms with Gasteiger partial charge in [-0.3, -0.25) is 14.9 Å². The summed E-state index contributed by atoms with van der Waals surface area (Å²) in [6.45, 7) is 1.08. The average Bonchev–Trinajstić information content (AvgIpc) is 3.07. The second-order valence-electron chi connectivity index (χ2n) is 5.42. The van der Waals surface area contributed by atoms with Crippen LogP contribution in [0.3, 0.4) is 0 Å². The van der Waals surface area contributed by atoms with Gasteiger partial charge in [0.2, 0.25) is 6.79 Å². The van der Waals surface area contributed by atoms with E-state index in [-0.39, 0.29) is 18.0 Å². The monoisotopic (exact) mass is 358 g/mol. The number of hydrogen-bond acceptors (Lipinski definition) is 7. The van der Waals surface area contributed by atoms with Gasteiger partial charge in [0, 0.05) is 17.8 Å². The molecule has 9 heteroatoms. The van der Waals surface area contributed by atoms with Crippen molar-refractivity contribution in [2.24, 2.45) is 0 Å². The maximum absolute atomic E-state index is 12.2. The molecule has 0 saturated heterocycles. The van der Waals surface area contributed by atoms with Crippen molar-refractivity contribution in [2.75, 3.05) is 18.7 Å². The Balaban J connectivity index is 1.63. The van der Waals surface area contributed by atoms with Crippen molar-refractivity contribution >= 4 is 23.3 Å². The summed E-state index contributed by atoms with van der Waals surface area (Å²) >= 11 is 0. The Morgan fingerprint density at radius 1 is 1.23 bits per heavy atom. The van der Waals surface area contributed by atoms with Crippen LogP contribution < -0.4 is 14.8 Å². The molecule has 26 heavy (non-hydrogen) atoms. The molecule has 0 unspecified atom stereocenters. The topological polar surface area (TPSA) is 117 Å². The second kappa shape index (κ2) is 7.09. The highest BCUT2D eigenvalue weighted by atomic mass is 16.7. The van der Waals surface area contributed by atoms with Crippen LogP contribution in [0.25, 0.3) is 0 Å². The minimum absolute atomic E-state index is 0.111. The number of benzene rings is 2. The van der Waals surface area contributed by atoms with E-state index in [0.29, 0.717) is 22.7 Å². The molecule has 0 bridgehead atoms. The van der Waals surface area contributed by atoms with Crippen LogP contribution in [-0.2, 0) is 9.53 Å². The first kappa shape index (κ1) is 17.2. The Kier molecular flexibility index (Phi) is 4.70. The maximum Gasteiger partial charge on any atom is 0.345 e. The molecular formula is C17H14N2O7. The van der Waals surface area contributed by atoms with Crippen LogP contribution in [0.1, 0.15) is 15.9 Å². The number of carbonyl (C=O) groups excluding carboxylic acids is 2. The second-order valence-corrected chi connectivity index (χ2v) is 5.42. The molecule has 0 fully saturated rings. The summed E-state index contributed by atoms with van der Waals surface area (Å²) in [5, 5.41) is 13.6. The van der Waals surface area contributed by atoms with Crippen molar-refractivity contribution in [1.82, 2.24) is 0 Å². The van der Waals surface area contributed by atoms with E-state index in [0.717, 1.165) is 0 Å². The number of fused-ring (bicyclic) bond motifs is 1. The lowest BCUT2D eigenvalue weighted by Gasteiger charge is -2.09. The van der Waals surface area contributed by atoms with Crippen LogP contribution in [0.15, 0.2) is 36.4 Å². The number of aryl methyl sites for hydroxylation is 1. The molecule has 1 aliphatic heterocycles. The van der Waals surface area contributed by atoms with Gasteiger partial charge in [-0.05, 0) is 24.6 Å². The van der Waals surface area contributed by atoms with Crippen LogP contribution in [-0.4, -0.2) is 30.2 Å². The first-order valence-electron chi connectivity index (χ1n) is 7.56. The van der Waals surface area contributed by atoms with Gasteiger partial charge in [-0.25, -0.2) is 4.79 Å². The van der Waals surface area contributed by atoms with Gasteiger partial charge in [0.05, 0.1) is 4.92 Å². The molecule has 1 N–H and O–H groups in total. The Labute approximate surface area is 147 Å². The summed E-state index contributed by atoms with van der Waals surface area (Å²) in [5.74, 6) is -0.458. The molecule has 1 heterocycles. The standard InChI is InChI=1S/C17H14N2O7/c1-10-3-2-4-12(19(22)23)16(10)17(21)24-8-15(20)18-11-5-6-13-14(7-11)26-9-25-13/h2-7H,8-9H2,1H3,(H,18,20). The van der Waals surface area contributed by atoms with E-state index in [4.69, 9.17) is 14.2 Å². The third kappa shape index (κ3) is 3.56. The number of ether oxygens (including phenoxy) is 3. The number of esters is 1. The van der Waals surface area contributed by atoms with Gasteiger partial charge >= 0.3 is 5.97 Å². The zero-order valence-electron chi connectivity index (χ0n) is 13.7. The summed E-state index contributed by atoms with van der Waals surface area (Å²) in [6, 6.07) is 9.05. The summed E-state index contributed by atoms with van der Waals surface area (Å²) in [7, 11) is 0. The predicted molar refractivity (Wildman–Crippen MR) is 89.3 cm³/mol. The number of nitrogens with zero attached hydrogens (tertiary/aromatic N) is 1. The van der Waals surface area contributed by atoms with Gasteiger partial charge in [-0.15, -0.1) is 0 Å². The highest BCUT2D eigenvalue weighted by Gasteiger charge is 2.24. The number of rotatable bonds is 5. The van der Waals surface area contributed by atoms with Gasteiger partial charge in [0.1, 0.15) is 5.56 Å². The Bertz CT molecular complexity index is 895. The number of hydrogen-bond donors (Lipinski definition) is 1. The number of nitro groups is 1. The van der Waals surface area contributed by atoms with Crippen molar-refractivity contribution in [3.05, 3.63) is 57.6 Å². The van der Waals surface area contributed by atoms with Crippen molar-refractivity contribution in [3.8, 4) is 11.5 Å². The smallest absolute Gasteiger partial charge is 0.345 e. The first-order chi connectivity index (χ1) is 12.5. The quantitative estimate of drug-likeness (QED) is 0.495. The minimum atomic E-state index is -0.935. The number of amides is 1. The number of anilines is 1. The highest BCUT2D eigenvalue weighted by molar-refractivity contribution is 5.98. The third-order valence-electron chi connectivity index (χ3n) is 3.64. The van der Waals surface area contributed by atoms with Crippen LogP contribution in [0, 0.1) is 17.0 Å². The zero-order chi connectivity index (χ0) is 18.7. The molecular weight excluding hydrogens is 344 g/mol. The van der Waals surface area contributed by atoms with Crippen LogP contribution in [0.4, 0.5) is 11.4 Å². The van der Waals surface area contributed by atoms with E-state index in [2.05, 4.69) is 5.32 Å². The molecule has 0 spiro atoms. The molecule has 0 aliphatic carbocycles. The molecule has 0 saturated carbocycles. The first-order valence-corrected chi connectivity index (χ1v) is 7.56. The molecule has 0 atom stereocenters. The molecule has 2 aromatic carbocycles. The van der Waals surface area contributed by atoms with Gasteiger partial charge < -0.3 is 19.5 Å². The Morgan fingerprint density at radius 2 is 2.00 bits per heavy atom. The van der Waals surface area contributed by atoms with Crippen LogP contribution >= 0.6 is 0 Å². The Morgan fingerprint density at radius 3 is 2.77 bits per heavy atom. The molecule has 1 aliphatic rings. The lowest BCUT2D eigenvalue weighted by Crippen LogP contribution is -2.21. The average molecular weight is 358 g/mol. The normalized spacial score (nSPS) is 11.7. The zero-order valence-corrected chi connectivity index (χ0v) is 13.7. The SMILES string of the molecule is Cc1cccc([N+](=O)[O-])c1C(=O)OCC(=O)Nc1ccc2c(c1)OCO2. The lowest BCUT2D eigenvalue weighted by molar-refractivity contribution is -0.385. The fourth-order valence-electron chi connectivity index (χ4n) is 2.44. The molecule has 3 rings (SSSR count). The molecule has 1 amide bonds. The van der Waals surface area contributed by atoms with E-state index in [1.807, 2.05) is 0 Å². The third-order valence-corrected chi connectivity index (χ3v) is 3.64. The summed E-state index contributed by atoms with van der Waals surface area (Å²) in [4.78, 5) is 34.5. The van der Waals surface area contributed by atoms with E-state index in [1.54, 1.807) is 31.2 Å². The number of nitrogens with one attached hydrogen (secondary N) is 1. The van der Waals surface area contributed by atoms with Gasteiger partial charge in [0.15, 0.2) is 18.1 Å². The van der Waals surface area contributed by atoms with E-state index < -0.39 is 23.4 Å². The van der Waals surface area contributed by atoms with Crippen LogP contribution in [0.2, 0.25) is 0 Å². The summed E-state index contributed by atoms with van der Waals surface area (Å²) < 4.78 is 15.3. The molecule has 2 aromatic rings. The van der Waals surface area contributed by atoms with Crippen molar-refractivity contribution in [1.29, 1.82) is 0 Å². The van der Waals surface area contributed by atoms with Gasteiger partial charge in [-0.1, -0.05) is 12.1 Å². The fraction of sp³-hybridized carbons (Fsp3) is 0.176. The minimum Gasteiger partial charge on any atom is -0.454 e. The van der Waals surface area contributed by atoms with Gasteiger partial charge in [0.25, 0.3) is 11.6 Å². The molecule has 0 aromatic heterocycles. The van der Waals surface area contributed by atoms with Crippen molar-refractivity contribution < 1.29 is 28.7 Å². The van der Waals surface area contributed by atoms with Crippen molar-refractivity contribution in [2.45, 2.75) is 6.92 Å². The predicted octanol–water partition coefficient (Wildman–Crippen LogP) is 2.43. The molecule has 134 valence electrons. The lowest BCUT2D eigenvalue weighted by atomic mass is 10.1. The molecule has 9 nitrogen and oxygen atoms in total. The van der Waals surface area contributed by atoms with Crippen LogP contribution in [0.5, 0.6) is 11.5 Å². The van der Waals surface area contributed by atoms with E-state index in [1.165, 1.54) is 12.1 Å². The Hall–Kier alpha value is -3.62. The maximum atomic E-state index is 12.2. The van der Waals surface area contributed by atoms with Crippen molar-refractivity contribution in [3.63, 3.8) is 0 Å². The number of carbonyl (C=O) groups is 2. The molecule has 0 radical (unpaired) electrons.